The largest absolute Gasteiger partial charge is 0.381 e. The molecule has 0 bridgehead atoms. The van der Waals surface area contributed by atoms with Crippen LogP contribution in [-0.4, -0.2) is 58.1 Å². The Hall–Kier alpha value is -2.86. The number of likely N-dealkylation sites (N-methyl/N-ethyl adjacent to an activating group) is 1. The van der Waals surface area contributed by atoms with Crippen LogP contribution >= 0.6 is 0 Å². The smallest absolute Gasteiger partial charge is 0.244 e. The number of amides is 1. The minimum atomic E-state index is -0.230. The highest BCUT2D eigenvalue weighted by molar-refractivity contribution is 5.83. The van der Waals surface area contributed by atoms with E-state index in [1.807, 2.05) is 29.3 Å². The molecule has 4 rings (SSSR count). The molecule has 3 aromatic rings. The van der Waals surface area contributed by atoms with Gasteiger partial charge in [0.15, 0.2) is 0 Å². The molecule has 6 nitrogen and oxygen atoms in total. The van der Waals surface area contributed by atoms with E-state index in [9.17, 15) is 4.79 Å². The Labute approximate surface area is 178 Å². The SMILES string of the molecule is CCN(CC)C(=O)C(c1ccccc1)N1CCCC(Nc2ccc3[nH]ncc3c2)C1. The van der Waals surface area contributed by atoms with E-state index < -0.39 is 0 Å². The first-order chi connectivity index (χ1) is 14.7. The van der Waals surface area contributed by atoms with E-state index >= 15 is 0 Å². The van der Waals surface area contributed by atoms with Crippen LogP contribution in [0.15, 0.2) is 54.7 Å². The van der Waals surface area contributed by atoms with Crippen molar-refractivity contribution in [3.63, 3.8) is 0 Å². The lowest BCUT2D eigenvalue weighted by Crippen LogP contribution is -2.49. The van der Waals surface area contributed by atoms with Crippen molar-refractivity contribution in [3.8, 4) is 0 Å². The summed E-state index contributed by atoms with van der Waals surface area (Å²) in [7, 11) is 0. The van der Waals surface area contributed by atoms with Gasteiger partial charge in [-0.05, 0) is 57.0 Å². The van der Waals surface area contributed by atoms with E-state index in [0.717, 1.165) is 61.2 Å². The van der Waals surface area contributed by atoms with Gasteiger partial charge in [0.25, 0.3) is 0 Å². The number of nitrogens with one attached hydrogen (secondary N) is 2. The van der Waals surface area contributed by atoms with E-state index in [1.165, 1.54) is 0 Å². The van der Waals surface area contributed by atoms with Gasteiger partial charge in [0.2, 0.25) is 5.91 Å². The fraction of sp³-hybridized carbons (Fsp3) is 0.417. The molecular formula is C24H31N5O. The Balaban J connectivity index is 1.54. The van der Waals surface area contributed by atoms with E-state index in [1.54, 1.807) is 0 Å². The van der Waals surface area contributed by atoms with Crippen LogP contribution in [0.2, 0.25) is 0 Å². The third kappa shape index (κ3) is 4.33. The first kappa shape index (κ1) is 20.4. The zero-order valence-electron chi connectivity index (χ0n) is 17.8. The monoisotopic (exact) mass is 405 g/mol. The van der Waals surface area contributed by atoms with Gasteiger partial charge >= 0.3 is 0 Å². The number of rotatable bonds is 7. The molecule has 1 amide bonds. The molecule has 2 aromatic carbocycles. The predicted molar refractivity (Wildman–Crippen MR) is 121 cm³/mol. The summed E-state index contributed by atoms with van der Waals surface area (Å²) in [6.07, 6.45) is 4.02. The average molecular weight is 406 g/mol. The molecule has 158 valence electrons. The number of benzene rings is 2. The van der Waals surface area contributed by atoms with Crippen molar-refractivity contribution in [2.45, 2.75) is 38.8 Å². The van der Waals surface area contributed by atoms with Gasteiger partial charge in [0.05, 0.1) is 11.7 Å². The molecule has 6 heteroatoms. The predicted octanol–water partition coefficient (Wildman–Crippen LogP) is 4.05. The number of aromatic amines is 1. The van der Waals surface area contributed by atoms with Gasteiger partial charge in [-0.1, -0.05) is 30.3 Å². The highest BCUT2D eigenvalue weighted by Gasteiger charge is 2.33. The van der Waals surface area contributed by atoms with Gasteiger partial charge in [-0.3, -0.25) is 14.8 Å². The zero-order chi connectivity index (χ0) is 20.9. The minimum absolute atomic E-state index is 0.201. The maximum atomic E-state index is 13.4. The Morgan fingerprint density at radius 1 is 1.23 bits per heavy atom. The van der Waals surface area contributed by atoms with Crippen LogP contribution in [0.1, 0.15) is 38.3 Å². The van der Waals surface area contributed by atoms with Crippen LogP contribution in [0.3, 0.4) is 0 Å². The van der Waals surface area contributed by atoms with Gasteiger partial charge in [0, 0.05) is 36.7 Å². The van der Waals surface area contributed by atoms with Gasteiger partial charge in [0.1, 0.15) is 6.04 Å². The molecule has 30 heavy (non-hydrogen) atoms. The second-order valence-electron chi connectivity index (χ2n) is 7.97. The summed E-state index contributed by atoms with van der Waals surface area (Å²) in [5.74, 6) is 0.201. The van der Waals surface area contributed by atoms with E-state index in [0.29, 0.717) is 6.04 Å². The van der Waals surface area contributed by atoms with Crippen molar-refractivity contribution >= 4 is 22.5 Å². The number of nitrogens with zero attached hydrogens (tertiary/aromatic N) is 3. The highest BCUT2D eigenvalue weighted by Crippen LogP contribution is 2.28. The Kier molecular flexibility index (Phi) is 6.33. The second-order valence-corrected chi connectivity index (χ2v) is 7.97. The number of likely N-dealkylation sites (tertiary alicyclic amines) is 1. The van der Waals surface area contributed by atoms with E-state index in [-0.39, 0.29) is 11.9 Å². The molecule has 1 aliphatic rings. The third-order valence-electron chi connectivity index (χ3n) is 6.05. The number of anilines is 1. The number of H-pyrrole nitrogens is 1. The van der Waals surface area contributed by atoms with Crippen molar-refractivity contribution in [1.29, 1.82) is 0 Å². The maximum absolute atomic E-state index is 13.4. The summed E-state index contributed by atoms with van der Waals surface area (Å²) in [4.78, 5) is 17.7. The summed E-state index contributed by atoms with van der Waals surface area (Å²) in [6, 6.07) is 16.6. The summed E-state index contributed by atoms with van der Waals surface area (Å²) >= 11 is 0. The van der Waals surface area contributed by atoms with Gasteiger partial charge < -0.3 is 10.2 Å². The molecule has 2 N–H and O–H groups in total. The fourth-order valence-corrected chi connectivity index (χ4v) is 4.48. The Morgan fingerprint density at radius 2 is 2.03 bits per heavy atom. The first-order valence-electron chi connectivity index (χ1n) is 11.0. The number of carbonyl (C=O) groups is 1. The normalized spacial score (nSPS) is 18.3. The summed E-state index contributed by atoms with van der Waals surface area (Å²) in [5, 5.41) is 11.9. The molecule has 0 spiro atoms. The second kappa shape index (κ2) is 9.30. The van der Waals surface area contributed by atoms with Crippen molar-refractivity contribution in [1.82, 2.24) is 20.0 Å². The van der Waals surface area contributed by atoms with Crippen LogP contribution in [0.5, 0.6) is 0 Å². The number of aromatic nitrogens is 2. The van der Waals surface area contributed by atoms with Crippen molar-refractivity contribution in [2.24, 2.45) is 0 Å². The number of hydrogen-bond acceptors (Lipinski definition) is 4. The maximum Gasteiger partial charge on any atom is 0.244 e. The molecule has 0 saturated carbocycles. The van der Waals surface area contributed by atoms with Crippen LogP contribution in [0.4, 0.5) is 5.69 Å². The quantitative estimate of drug-likeness (QED) is 0.622. The van der Waals surface area contributed by atoms with Gasteiger partial charge in [-0.15, -0.1) is 0 Å². The molecule has 1 fully saturated rings. The Morgan fingerprint density at radius 3 is 2.80 bits per heavy atom. The molecule has 2 atom stereocenters. The summed E-state index contributed by atoms with van der Waals surface area (Å²) in [6.45, 7) is 7.35. The molecule has 1 aromatic heterocycles. The standard InChI is InChI=1S/C24H31N5O/c1-3-28(4-2)24(30)23(18-9-6-5-7-10-18)29-14-8-11-21(17-29)26-20-12-13-22-19(15-20)16-25-27-22/h5-7,9-10,12-13,15-16,21,23,26H,3-4,8,11,14,17H2,1-2H3,(H,25,27). The van der Waals surface area contributed by atoms with E-state index in [2.05, 4.69) is 64.6 Å². The van der Waals surface area contributed by atoms with Crippen LogP contribution in [-0.2, 0) is 4.79 Å². The average Bonchev–Trinajstić information content (AvgIpc) is 3.24. The van der Waals surface area contributed by atoms with Gasteiger partial charge in [-0.25, -0.2) is 0 Å². The van der Waals surface area contributed by atoms with Crippen LogP contribution in [0.25, 0.3) is 10.9 Å². The van der Waals surface area contributed by atoms with Gasteiger partial charge in [-0.2, -0.15) is 5.10 Å². The van der Waals surface area contributed by atoms with Crippen molar-refractivity contribution in [3.05, 3.63) is 60.3 Å². The fourth-order valence-electron chi connectivity index (χ4n) is 4.48. The van der Waals surface area contributed by atoms with Crippen molar-refractivity contribution < 1.29 is 4.79 Å². The highest BCUT2D eigenvalue weighted by atomic mass is 16.2. The molecule has 1 saturated heterocycles. The molecule has 0 radical (unpaired) electrons. The van der Waals surface area contributed by atoms with Crippen LogP contribution in [0, 0.1) is 0 Å². The lowest BCUT2D eigenvalue weighted by atomic mass is 9.98. The van der Waals surface area contributed by atoms with E-state index in [4.69, 9.17) is 0 Å². The lowest BCUT2D eigenvalue weighted by Gasteiger charge is -2.40. The number of carbonyl (C=O) groups excluding carboxylic acids is 1. The molecular weight excluding hydrogens is 374 g/mol. The third-order valence-corrected chi connectivity index (χ3v) is 6.05. The molecule has 2 heterocycles. The lowest BCUT2D eigenvalue weighted by molar-refractivity contribution is -0.137. The Bertz CT molecular complexity index is 966. The number of fused-ring (bicyclic) bond motifs is 1. The van der Waals surface area contributed by atoms with Crippen molar-refractivity contribution in [2.75, 3.05) is 31.5 Å². The molecule has 1 aliphatic heterocycles. The number of piperidine rings is 1. The molecule has 0 aliphatic carbocycles. The topological polar surface area (TPSA) is 64.3 Å². The van der Waals surface area contributed by atoms with Crippen LogP contribution < -0.4 is 5.32 Å². The zero-order valence-corrected chi connectivity index (χ0v) is 17.8. The molecule has 2 unspecified atom stereocenters. The summed E-state index contributed by atoms with van der Waals surface area (Å²) in [5.41, 5.74) is 3.22. The minimum Gasteiger partial charge on any atom is -0.381 e. The first-order valence-corrected chi connectivity index (χ1v) is 11.0. The summed E-state index contributed by atoms with van der Waals surface area (Å²) < 4.78 is 0. The number of hydrogen-bond donors (Lipinski definition) is 2.